The molecule has 0 saturated heterocycles. The predicted octanol–water partition coefficient (Wildman–Crippen LogP) is 6.62. The highest BCUT2D eigenvalue weighted by molar-refractivity contribution is 9.10. The third-order valence-corrected chi connectivity index (χ3v) is 5.36. The van der Waals surface area contributed by atoms with Gasteiger partial charge in [0.1, 0.15) is 5.01 Å². The number of aryl methyl sites for hydroxylation is 2. The van der Waals surface area contributed by atoms with E-state index in [0.29, 0.717) is 0 Å². The van der Waals surface area contributed by atoms with Crippen molar-refractivity contribution in [2.45, 2.75) is 13.8 Å². The van der Waals surface area contributed by atoms with Crippen molar-refractivity contribution in [3.63, 3.8) is 0 Å². The summed E-state index contributed by atoms with van der Waals surface area (Å²) in [6.07, 6.45) is 0. The molecule has 0 radical (unpaired) electrons. The molecular weight excluding hydrogens is 410 g/mol. The van der Waals surface area contributed by atoms with E-state index in [1.54, 1.807) is 11.3 Å². The Labute approximate surface area is 145 Å². The zero-order valence-corrected chi connectivity index (χ0v) is 15.6. The fourth-order valence-corrected chi connectivity index (χ4v) is 4.02. The van der Waals surface area contributed by atoms with Crippen LogP contribution in [0.3, 0.4) is 0 Å². The van der Waals surface area contributed by atoms with E-state index in [1.807, 2.05) is 0 Å². The number of benzene rings is 2. The molecule has 3 rings (SSSR count). The lowest BCUT2D eigenvalue weighted by Crippen LogP contribution is -1.84. The maximum atomic E-state index is 4.86. The molecule has 0 aliphatic carbocycles. The molecule has 0 unspecified atom stereocenters. The molecule has 1 nitrogen and oxygen atoms in total. The fourth-order valence-electron chi connectivity index (χ4n) is 2.25. The van der Waals surface area contributed by atoms with Crippen molar-refractivity contribution < 1.29 is 0 Å². The molecule has 1 heterocycles. The molecule has 2 aromatic carbocycles. The van der Waals surface area contributed by atoms with Gasteiger partial charge < -0.3 is 0 Å². The van der Waals surface area contributed by atoms with Gasteiger partial charge in [-0.2, -0.15) is 0 Å². The first kappa shape index (κ1) is 14.9. The van der Waals surface area contributed by atoms with Crippen LogP contribution in [0.4, 0.5) is 0 Å². The molecule has 0 aliphatic rings. The summed E-state index contributed by atoms with van der Waals surface area (Å²) in [5, 5.41) is 1.08. The second kappa shape index (κ2) is 6.03. The second-order valence-electron chi connectivity index (χ2n) is 4.89. The molecule has 0 spiro atoms. The van der Waals surface area contributed by atoms with E-state index >= 15 is 0 Å². The van der Waals surface area contributed by atoms with Crippen LogP contribution in [0.5, 0.6) is 0 Å². The molecule has 1 aromatic heterocycles. The average Bonchev–Trinajstić information content (AvgIpc) is 2.81. The third kappa shape index (κ3) is 3.12. The second-order valence-corrected chi connectivity index (χ2v) is 7.92. The van der Waals surface area contributed by atoms with Crippen LogP contribution in [-0.4, -0.2) is 4.98 Å². The largest absolute Gasteiger partial charge is 0.236 e. The van der Waals surface area contributed by atoms with Crippen LogP contribution in [0.1, 0.15) is 10.4 Å². The normalized spacial score (nSPS) is 10.9. The maximum Gasteiger partial charge on any atom is 0.124 e. The van der Waals surface area contributed by atoms with E-state index in [9.17, 15) is 0 Å². The smallest absolute Gasteiger partial charge is 0.124 e. The van der Waals surface area contributed by atoms with Crippen molar-refractivity contribution >= 4 is 43.2 Å². The van der Waals surface area contributed by atoms with Crippen molar-refractivity contribution in [3.8, 4) is 21.8 Å². The molecule has 106 valence electrons. The van der Waals surface area contributed by atoms with E-state index in [-0.39, 0.29) is 0 Å². The summed E-state index contributed by atoms with van der Waals surface area (Å²) in [6, 6.07) is 14.6. The summed E-state index contributed by atoms with van der Waals surface area (Å²) in [5.41, 5.74) is 4.67. The average molecular weight is 423 g/mol. The van der Waals surface area contributed by atoms with E-state index in [0.717, 1.165) is 25.2 Å². The standard InChI is InChI=1S/C17H13Br2NS/c1-10-9-14(19)7-8-15(10)17-20-16(11(2)21-17)12-3-5-13(18)6-4-12/h3-9H,1-2H3. The maximum absolute atomic E-state index is 4.86. The van der Waals surface area contributed by atoms with Gasteiger partial charge in [0.2, 0.25) is 0 Å². The van der Waals surface area contributed by atoms with E-state index < -0.39 is 0 Å². The highest BCUT2D eigenvalue weighted by atomic mass is 79.9. The summed E-state index contributed by atoms with van der Waals surface area (Å²) in [5.74, 6) is 0. The molecule has 4 heteroatoms. The molecule has 0 fully saturated rings. The molecule has 0 atom stereocenters. The zero-order valence-electron chi connectivity index (χ0n) is 11.7. The van der Waals surface area contributed by atoms with Crippen LogP contribution in [0.15, 0.2) is 51.4 Å². The number of hydrogen-bond donors (Lipinski definition) is 0. The van der Waals surface area contributed by atoms with Gasteiger partial charge >= 0.3 is 0 Å². The number of aromatic nitrogens is 1. The first-order valence-electron chi connectivity index (χ1n) is 6.54. The highest BCUT2D eigenvalue weighted by Gasteiger charge is 2.13. The summed E-state index contributed by atoms with van der Waals surface area (Å²) >= 11 is 8.73. The summed E-state index contributed by atoms with van der Waals surface area (Å²) < 4.78 is 2.19. The Kier molecular flexibility index (Phi) is 4.29. The number of halogens is 2. The molecule has 0 N–H and O–H groups in total. The number of thiazole rings is 1. The lowest BCUT2D eigenvalue weighted by molar-refractivity contribution is 1.35. The molecule has 0 bridgehead atoms. The van der Waals surface area contributed by atoms with Crippen molar-refractivity contribution in [1.82, 2.24) is 4.98 Å². The zero-order chi connectivity index (χ0) is 15.0. The van der Waals surface area contributed by atoms with Gasteiger partial charge in [-0.3, -0.25) is 0 Å². The van der Waals surface area contributed by atoms with Gasteiger partial charge in [0.25, 0.3) is 0 Å². The van der Waals surface area contributed by atoms with E-state index in [4.69, 9.17) is 4.98 Å². The number of hydrogen-bond acceptors (Lipinski definition) is 2. The Bertz CT molecular complexity index is 791. The van der Waals surface area contributed by atoms with Crippen LogP contribution in [0, 0.1) is 13.8 Å². The van der Waals surface area contributed by atoms with Crippen molar-refractivity contribution in [2.24, 2.45) is 0 Å². The Morgan fingerprint density at radius 3 is 2.24 bits per heavy atom. The van der Waals surface area contributed by atoms with Gasteiger partial charge in [-0.25, -0.2) is 4.98 Å². The summed E-state index contributed by atoms with van der Waals surface area (Å²) in [4.78, 5) is 6.10. The molecular formula is C17H13Br2NS. The Morgan fingerprint density at radius 2 is 1.57 bits per heavy atom. The molecule has 0 saturated carbocycles. The SMILES string of the molecule is Cc1cc(Br)ccc1-c1nc(-c2ccc(Br)cc2)c(C)s1. The first-order valence-corrected chi connectivity index (χ1v) is 8.95. The number of nitrogens with zero attached hydrogens (tertiary/aromatic N) is 1. The minimum Gasteiger partial charge on any atom is -0.236 e. The minimum absolute atomic E-state index is 1.07. The Morgan fingerprint density at radius 1 is 0.905 bits per heavy atom. The van der Waals surface area contributed by atoms with Crippen molar-refractivity contribution in [3.05, 3.63) is 61.9 Å². The summed E-state index contributed by atoms with van der Waals surface area (Å²) in [6.45, 7) is 4.25. The van der Waals surface area contributed by atoms with Crippen LogP contribution >= 0.6 is 43.2 Å². The molecule has 3 aromatic rings. The Balaban J connectivity index is 2.07. The van der Waals surface area contributed by atoms with Crippen molar-refractivity contribution in [1.29, 1.82) is 0 Å². The highest BCUT2D eigenvalue weighted by Crippen LogP contribution is 2.35. The monoisotopic (exact) mass is 421 g/mol. The lowest BCUT2D eigenvalue weighted by atomic mass is 10.1. The van der Waals surface area contributed by atoms with E-state index in [2.05, 4.69) is 88.2 Å². The Hall–Kier alpha value is -0.970. The van der Waals surface area contributed by atoms with Crippen LogP contribution in [0.25, 0.3) is 21.8 Å². The number of rotatable bonds is 2. The topological polar surface area (TPSA) is 12.9 Å². The van der Waals surface area contributed by atoms with E-state index in [1.165, 1.54) is 16.0 Å². The van der Waals surface area contributed by atoms with Gasteiger partial charge in [0, 0.05) is 24.9 Å². The van der Waals surface area contributed by atoms with Gasteiger partial charge in [-0.1, -0.05) is 50.1 Å². The summed E-state index contributed by atoms with van der Waals surface area (Å²) in [7, 11) is 0. The van der Waals surface area contributed by atoms with Crippen LogP contribution < -0.4 is 0 Å². The molecule has 0 amide bonds. The fraction of sp³-hybridized carbons (Fsp3) is 0.118. The molecule has 0 aliphatic heterocycles. The van der Waals surface area contributed by atoms with Crippen LogP contribution in [0.2, 0.25) is 0 Å². The van der Waals surface area contributed by atoms with Gasteiger partial charge in [0.15, 0.2) is 0 Å². The third-order valence-electron chi connectivity index (χ3n) is 3.33. The first-order chi connectivity index (χ1) is 10.0. The van der Waals surface area contributed by atoms with Gasteiger partial charge in [-0.05, 0) is 43.7 Å². The predicted molar refractivity (Wildman–Crippen MR) is 97.9 cm³/mol. The van der Waals surface area contributed by atoms with Crippen molar-refractivity contribution in [2.75, 3.05) is 0 Å². The van der Waals surface area contributed by atoms with Gasteiger partial charge in [-0.15, -0.1) is 11.3 Å². The van der Waals surface area contributed by atoms with Gasteiger partial charge in [0.05, 0.1) is 5.69 Å². The van der Waals surface area contributed by atoms with Crippen LogP contribution in [-0.2, 0) is 0 Å². The quantitative estimate of drug-likeness (QED) is 0.452. The minimum atomic E-state index is 1.07. The molecule has 21 heavy (non-hydrogen) atoms. The lowest BCUT2D eigenvalue weighted by Gasteiger charge is -2.02.